The molecule has 0 bridgehead atoms. The number of allylic oxidation sites excluding steroid dienone is 8. The Hall–Kier alpha value is -2.63. The Morgan fingerprint density at radius 1 is 0.323 bits per heavy atom. The van der Waals surface area contributed by atoms with E-state index in [0.717, 1.165) is 89.9 Å². The van der Waals surface area contributed by atoms with Crippen LogP contribution < -0.4 is 0 Å². The number of hydrogen-bond acceptors (Lipinski definition) is 6. The topological polar surface area (TPSA) is 78.9 Å². The van der Waals surface area contributed by atoms with Crippen molar-refractivity contribution in [2.24, 2.45) is 0 Å². The summed E-state index contributed by atoms with van der Waals surface area (Å²) in [6, 6.07) is 0. The maximum Gasteiger partial charge on any atom is 0.306 e. The Bertz CT molecular complexity index is 1090. The molecule has 0 amide bonds. The second kappa shape index (κ2) is 51.0. The van der Waals surface area contributed by atoms with Crippen molar-refractivity contribution in [3.05, 3.63) is 48.6 Å². The number of carbonyl (C=O) groups is 3. The highest BCUT2D eigenvalue weighted by Gasteiger charge is 2.19. The monoisotopic (exact) mass is 869 g/mol. The summed E-state index contributed by atoms with van der Waals surface area (Å²) >= 11 is 0. The van der Waals surface area contributed by atoms with Gasteiger partial charge in [0.05, 0.1) is 0 Å². The van der Waals surface area contributed by atoms with Gasteiger partial charge in [-0.15, -0.1) is 0 Å². The van der Waals surface area contributed by atoms with Gasteiger partial charge in [-0.05, 0) is 77.0 Å². The zero-order valence-corrected chi connectivity index (χ0v) is 41.1. The molecule has 6 heteroatoms. The van der Waals surface area contributed by atoms with Crippen molar-refractivity contribution in [3.63, 3.8) is 0 Å². The molecule has 360 valence electrons. The van der Waals surface area contributed by atoms with Gasteiger partial charge >= 0.3 is 17.9 Å². The molecule has 0 heterocycles. The first kappa shape index (κ1) is 59.4. The summed E-state index contributed by atoms with van der Waals surface area (Å²) in [5.74, 6) is -0.889. The molecule has 0 aliphatic carbocycles. The average molecular weight is 869 g/mol. The van der Waals surface area contributed by atoms with Crippen LogP contribution in [0.3, 0.4) is 0 Å². The van der Waals surface area contributed by atoms with Crippen molar-refractivity contribution in [3.8, 4) is 0 Å². The molecular formula is C56H100O6. The Morgan fingerprint density at radius 2 is 0.597 bits per heavy atom. The molecule has 1 atom stereocenters. The molecule has 0 aliphatic rings. The zero-order chi connectivity index (χ0) is 45.1. The average Bonchev–Trinajstić information content (AvgIpc) is 3.27. The smallest absolute Gasteiger partial charge is 0.306 e. The van der Waals surface area contributed by atoms with E-state index in [0.29, 0.717) is 19.3 Å². The normalized spacial score (nSPS) is 12.4. The van der Waals surface area contributed by atoms with Gasteiger partial charge in [0, 0.05) is 19.3 Å². The molecule has 0 aromatic rings. The van der Waals surface area contributed by atoms with Gasteiger partial charge in [-0.2, -0.15) is 0 Å². The lowest BCUT2D eigenvalue weighted by Gasteiger charge is -2.18. The van der Waals surface area contributed by atoms with Gasteiger partial charge in [0.15, 0.2) is 6.10 Å². The van der Waals surface area contributed by atoms with Crippen molar-refractivity contribution < 1.29 is 28.6 Å². The lowest BCUT2D eigenvalue weighted by molar-refractivity contribution is -0.167. The minimum absolute atomic E-state index is 0.0779. The van der Waals surface area contributed by atoms with E-state index in [9.17, 15) is 14.4 Å². The highest BCUT2D eigenvalue weighted by molar-refractivity contribution is 5.71. The number of hydrogen-bond donors (Lipinski definition) is 0. The fraction of sp³-hybridized carbons (Fsp3) is 0.804. The largest absolute Gasteiger partial charge is 0.462 e. The van der Waals surface area contributed by atoms with Crippen LogP contribution in [0.25, 0.3) is 0 Å². The standard InChI is InChI=1S/C56H100O6/c1-4-7-10-13-16-19-22-24-26-27-28-29-30-32-34-37-40-43-46-49-55(58)61-52-53(51-60-54(57)48-45-42-39-36-33-21-18-15-12-9-6-3)62-56(59)50-47-44-41-38-35-31-25-23-20-17-14-11-8-5-2/h14,16-17,19,23-26,53H,4-13,15,18,20-22,27-52H2,1-3H3/b17-14-,19-16-,25-23-,26-24-. The summed E-state index contributed by atoms with van der Waals surface area (Å²) in [6.45, 7) is 6.57. The maximum atomic E-state index is 12.8. The highest BCUT2D eigenvalue weighted by atomic mass is 16.6. The first-order chi connectivity index (χ1) is 30.5. The van der Waals surface area contributed by atoms with Crippen molar-refractivity contribution in [1.82, 2.24) is 0 Å². The maximum absolute atomic E-state index is 12.8. The Morgan fingerprint density at radius 3 is 0.968 bits per heavy atom. The summed E-state index contributed by atoms with van der Waals surface area (Å²) in [5.41, 5.74) is 0. The van der Waals surface area contributed by atoms with E-state index in [1.54, 1.807) is 0 Å². The molecule has 0 aromatic carbocycles. The van der Waals surface area contributed by atoms with E-state index < -0.39 is 6.10 Å². The molecule has 0 saturated carbocycles. The summed E-state index contributed by atoms with van der Waals surface area (Å²) in [7, 11) is 0. The summed E-state index contributed by atoms with van der Waals surface area (Å²) < 4.78 is 16.8. The van der Waals surface area contributed by atoms with Crippen LogP contribution in [0.2, 0.25) is 0 Å². The molecule has 0 spiro atoms. The Balaban J connectivity index is 4.34. The molecule has 0 saturated heterocycles. The van der Waals surface area contributed by atoms with Gasteiger partial charge in [0.25, 0.3) is 0 Å². The minimum Gasteiger partial charge on any atom is -0.462 e. The molecule has 0 rings (SSSR count). The van der Waals surface area contributed by atoms with E-state index in [1.807, 2.05) is 0 Å². The molecule has 1 unspecified atom stereocenters. The Kier molecular flexibility index (Phi) is 48.8. The lowest BCUT2D eigenvalue weighted by Crippen LogP contribution is -2.30. The number of rotatable bonds is 48. The second-order valence-electron chi connectivity index (χ2n) is 17.8. The van der Waals surface area contributed by atoms with Crippen LogP contribution in [0.15, 0.2) is 48.6 Å². The first-order valence-corrected chi connectivity index (χ1v) is 26.6. The fourth-order valence-electron chi connectivity index (χ4n) is 7.49. The van der Waals surface area contributed by atoms with Crippen LogP contribution in [-0.4, -0.2) is 37.2 Å². The number of esters is 3. The minimum atomic E-state index is -0.778. The van der Waals surface area contributed by atoms with E-state index in [1.165, 1.54) is 141 Å². The zero-order valence-electron chi connectivity index (χ0n) is 41.1. The van der Waals surface area contributed by atoms with E-state index in [-0.39, 0.29) is 31.1 Å². The van der Waals surface area contributed by atoms with E-state index >= 15 is 0 Å². The van der Waals surface area contributed by atoms with Gasteiger partial charge in [-0.3, -0.25) is 14.4 Å². The fourth-order valence-corrected chi connectivity index (χ4v) is 7.49. The SMILES string of the molecule is CCCC/C=C\C/C=C\CCCCCCCC(=O)OC(COC(=O)CCCCCCCCCCC/C=C\C/C=C\CCCCC)COC(=O)CCCCCCCCCCCCC. The molecule has 0 fully saturated rings. The molecule has 6 nitrogen and oxygen atoms in total. The first-order valence-electron chi connectivity index (χ1n) is 26.6. The lowest BCUT2D eigenvalue weighted by atomic mass is 10.1. The van der Waals surface area contributed by atoms with Crippen molar-refractivity contribution in [1.29, 1.82) is 0 Å². The van der Waals surface area contributed by atoms with Crippen LogP contribution in [0.5, 0.6) is 0 Å². The molecule has 0 radical (unpaired) electrons. The van der Waals surface area contributed by atoms with Gasteiger partial charge in [-0.25, -0.2) is 0 Å². The molecular weight excluding hydrogens is 769 g/mol. The molecule has 0 N–H and O–H groups in total. The molecule has 62 heavy (non-hydrogen) atoms. The van der Waals surface area contributed by atoms with E-state index in [2.05, 4.69) is 69.4 Å². The quantitative estimate of drug-likeness (QED) is 0.0262. The second-order valence-corrected chi connectivity index (χ2v) is 17.8. The third-order valence-electron chi connectivity index (χ3n) is 11.6. The van der Waals surface area contributed by atoms with Gasteiger partial charge in [0.2, 0.25) is 0 Å². The van der Waals surface area contributed by atoms with Crippen molar-refractivity contribution >= 4 is 17.9 Å². The molecule has 0 aliphatic heterocycles. The summed E-state index contributed by atoms with van der Waals surface area (Å²) in [6.07, 6.45) is 60.9. The molecule has 0 aromatic heterocycles. The third-order valence-corrected chi connectivity index (χ3v) is 11.6. The van der Waals surface area contributed by atoms with E-state index in [4.69, 9.17) is 14.2 Å². The number of ether oxygens (including phenoxy) is 3. The Labute approximate surface area is 384 Å². The number of carbonyl (C=O) groups excluding carboxylic acids is 3. The summed E-state index contributed by atoms with van der Waals surface area (Å²) in [5, 5.41) is 0. The van der Waals surface area contributed by atoms with Crippen LogP contribution in [0, 0.1) is 0 Å². The van der Waals surface area contributed by atoms with Crippen LogP contribution in [0.4, 0.5) is 0 Å². The summed E-state index contributed by atoms with van der Waals surface area (Å²) in [4.78, 5) is 38.0. The van der Waals surface area contributed by atoms with Crippen LogP contribution in [-0.2, 0) is 28.6 Å². The van der Waals surface area contributed by atoms with Crippen LogP contribution >= 0.6 is 0 Å². The number of unbranched alkanes of at least 4 members (excludes halogenated alkanes) is 29. The van der Waals surface area contributed by atoms with Crippen LogP contribution in [0.1, 0.15) is 271 Å². The van der Waals surface area contributed by atoms with Gasteiger partial charge in [0.1, 0.15) is 13.2 Å². The van der Waals surface area contributed by atoms with Gasteiger partial charge in [-0.1, -0.05) is 223 Å². The predicted octanol–water partition coefficient (Wildman–Crippen LogP) is 17.5. The third kappa shape index (κ3) is 48.4. The predicted molar refractivity (Wildman–Crippen MR) is 265 cm³/mol. The van der Waals surface area contributed by atoms with Crippen molar-refractivity contribution in [2.45, 2.75) is 277 Å². The van der Waals surface area contributed by atoms with Crippen molar-refractivity contribution in [2.75, 3.05) is 13.2 Å². The van der Waals surface area contributed by atoms with Gasteiger partial charge < -0.3 is 14.2 Å². The highest BCUT2D eigenvalue weighted by Crippen LogP contribution is 2.15.